The van der Waals surface area contributed by atoms with Crippen LogP contribution in [-0.4, -0.2) is 25.7 Å². The fraction of sp³-hybridized carbons (Fsp3) is 0.0571. The van der Waals surface area contributed by atoms with E-state index < -0.39 is 24.4 Å². The van der Waals surface area contributed by atoms with E-state index >= 15 is 8.63 Å². The molecule has 0 fully saturated rings. The van der Waals surface area contributed by atoms with Crippen molar-refractivity contribution in [1.29, 1.82) is 10.5 Å². The Morgan fingerprint density at radius 3 is 1.92 bits per heavy atom. The van der Waals surface area contributed by atoms with Crippen LogP contribution in [0.2, 0.25) is 0 Å². The maximum atomic E-state index is 17.1. The zero-order valence-corrected chi connectivity index (χ0v) is 25.3. The van der Waals surface area contributed by atoms with Gasteiger partial charge in [-0.15, -0.1) is 0 Å². The summed E-state index contributed by atoms with van der Waals surface area (Å²) in [5.74, 6) is -3.72. The number of benzene rings is 3. The molecule has 0 amide bonds. The Morgan fingerprint density at radius 2 is 1.35 bits per heavy atom. The van der Waals surface area contributed by atoms with Crippen LogP contribution in [0.1, 0.15) is 22.4 Å². The number of halogens is 5. The van der Waals surface area contributed by atoms with Crippen molar-refractivity contribution in [2.45, 2.75) is 0 Å². The normalized spacial score (nSPS) is 14.2. The Kier molecular flexibility index (Phi) is 6.39. The highest BCUT2D eigenvalue weighted by atomic mass is 19.2. The van der Waals surface area contributed by atoms with E-state index in [1.54, 1.807) is 24.3 Å². The van der Waals surface area contributed by atoms with Crippen molar-refractivity contribution in [3.63, 3.8) is 0 Å². The van der Waals surface area contributed by atoms with Crippen molar-refractivity contribution in [2.75, 3.05) is 14.2 Å². The number of furan rings is 2. The summed E-state index contributed by atoms with van der Waals surface area (Å²) >= 11 is 0. The fourth-order valence-electron chi connectivity index (χ4n) is 6.50. The SMILES string of the molecule is COc1ccc(-c2cc3c(o2)=CC2=C(c4cc(F)c(F)c(F)c4)c4cc5oc(-c6ccc(OC)c(C#N)c6)cc5n4[B-](F)(F)[N+]=32)cc1C#N. The van der Waals surface area contributed by atoms with Crippen molar-refractivity contribution < 1.29 is 40.1 Å². The van der Waals surface area contributed by atoms with Crippen LogP contribution in [0.3, 0.4) is 0 Å². The molecule has 0 saturated carbocycles. The molecule has 240 valence electrons. The Hall–Kier alpha value is -6.54. The molecule has 0 aliphatic carbocycles. The Labute approximate surface area is 272 Å². The van der Waals surface area contributed by atoms with Gasteiger partial charge in [-0.25, -0.2) is 13.2 Å². The Morgan fingerprint density at radius 1 is 0.755 bits per heavy atom. The molecule has 8 rings (SSSR count). The molecule has 0 N–H and O–H groups in total. The molecule has 49 heavy (non-hydrogen) atoms. The quantitative estimate of drug-likeness (QED) is 0.122. The topological polar surface area (TPSA) is 100 Å². The molecule has 3 aromatic carbocycles. The van der Waals surface area contributed by atoms with Crippen LogP contribution in [0, 0.1) is 40.1 Å². The molecular formula is C35H18BF5N4O4. The highest BCUT2D eigenvalue weighted by molar-refractivity contribution is 6.65. The minimum absolute atomic E-state index is 0.0265. The van der Waals surface area contributed by atoms with Crippen LogP contribution < -0.4 is 24.7 Å². The smallest absolute Gasteiger partial charge is 0.495 e. The van der Waals surface area contributed by atoms with Gasteiger partial charge in [-0.2, -0.15) is 10.5 Å². The summed E-state index contributed by atoms with van der Waals surface area (Å²) in [5, 5.41) is 19.1. The van der Waals surface area contributed by atoms with Crippen molar-refractivity contribution >= 4 is 29.7 Å². The summed E-state index contributed by atoms with van der Waals surface area (Å²) < 4.78 is 101. The lowest BCUT2D eigenvalue weighted by Crippen LogP contribution is -2.56. The molecule has 2 aliphatic heterocycles. The van der Waals surface area contributed by atoms with E-state index in [9.17, 15) is 23.7 Å². The molecule has 0 bridgehead atoms. The van der Waals surface area contributed by atoms with Gasteiger partial charge >= 0.3 is 6.97 Å². The lowest BCUT2D eigenvalue weighted by molar-refractivity contribution is 0.413. The first-order valence-corrected chi connectivity index (χ1v) is 14.6. The van der Waals surface area contributed by atoms with Crippen LogP contribution in [0.4, 0.5) is 21.8 Å². The van der Waals surface area contributed by atoms with E-state index in [0.29, 0.717) is 22.6 Å². The van der Waals surface area contributed by atoms with E-state index in [1.165, 1.54) is 50.6 Å². The number of allylic oxidation sites excluding steroid dienone is 1. The third kappa shape index (κ3) is 4.24. The summed E-state index contributed by atoms with van der Waals surface area (Å²) in [7, 11) is 2.82. The first-order valence-electron chi connectivity index (χ1n) is 14.6. The number of methoxy groups -OCH3 is 2. The molecule has 8 nitrogen and oxygen atoms in total. The van der Waals surface area contributed by atoms with Gasteiger partial charge in [0, 0.05) is 29.0 Å². The van der Waals surface area contributed by atoms with Crippen molar-refractivity contribution in [3.05, 3.63) is 123 Å². The predicted octanol–water partition coefficient (Wildman–Crippen LogP) is 6.32. The Balaban J connectivity index is 1.39. The zero-order valence-electron chi connectivity index (χ0n) is 25.3. The highest BCUT2D eigenvalue weighted by Crippen LogP contribution is 2.43. The lowest BCUT2D eigenvalue weighted by Gasteiger charge is -2.31. The molecule has 14 heteroatoms. The molecule has 0 unspecified atom stereocenters. The standard InChI is InChI=1S/C35H18BF5N4O4/c1-46-28-5-3-17(7-20(28)15-42)30-11-24-32(48-30)13-26-34(19-9-22(37)35(39)23(38)10-19)27-14-33-25(45(27)36(40,41)44(24)26)12-31(49-33)18-4-6-29(47-2)21(8-18)16-43/h3-14H,1-2H3. The number of hydrogen-bond donors (Lipinski definition) is 0. The largest absolute Gasteiger partial charge is 0.738 e. The van der Waals surface area contributed by atoms with Gasteiger partial charge < -0.3 is 35.9 Å². The van der Waals surface area contributed by atoms with Gasteiger partial charge in [-0.05, 0) is 54.1 Å². The van der Waals surface area contributed by atoms with Crippen molar-refractivity contribution in [3.8, 4) is 46.3 Å². The number of aromatic nitrogens is 1. The average molecular weight is 664 g/mol. The molecule has 0 radical (unpaired) electrons. The first-order chi connectivity index (χ1) is 23.6. The number of hydrogen-bond acceptors (Lipinski definition) is 6. The summed E-state index contributed by atoms with van der Waals surface area (Å²) in [5.41, 5.74) is 0.743. The molecule has 5 heterocycles. The van der Waals surface area contributed by atoms with E-state index in [0.717, 1.165) is 21.1 Å². The van der Waals surface area contributed by atoms with Gasteiger partial charge in [0.25, 0.3) is 0 Å². The van der Waals surface area contributed by atoms with Crippen LogP contribution in [0.5, 0.6) is 11.5 Å². The highest BCUT2D eigenvalue weighted by Gasteiger charge is 2.54. The number of nitriles is 2. The molecule has 0 spiro atoms. The van der Waals surface area contributed by atoms with Gasteiger partial charge in [-0.3, -0.25) is 0 Å². The molecule has 0 atom stereocenters. The maximum absolute atomic E-state index is 17.1. The summed E-state index contributed by atoms with van der Waals surface area (Å²) in [6.45, 7) is -4.74. The van der Waals surface area contributed by atoms with Crippen molar-refractivity contribution in [2.24, 2.45) is 0 Å². The average Bonchev–Trinajstić information content (AvgIpc) is 3.86. The Bertz CT molecular complexity index is 2670. The predicted molar refractivity (Wildman–Crippen MR) is 167 cm³/mol. The monoisotopic (exact) mass is 664 g/mol. The minimum atomic E-state index is -4.74. The molecule has 2 aliphatic rings. The first kappa shape index (κ1) is 29.8. The van der Waals surface area contributed by atoms with Crippen LogP contribution >= 0.6 is 0 Å². The van der Waals surface area contributed by atoms with E-state index in [1.807, 2.05) is 12.1 Å². The van der Waals surface area contributed by atoms with Crippen LogP contribution in [0.15, 0.2) is 81.3 Å². The molecule has 6 aromatic rings. The number of rotatable bonds is 5. The number of fused-ring (bicyclic) bond motifs is 5. The third-order valence-electron chi connectivity index (χ3n) is 8.67. The van der Waals surface area contributed by atoms with E-state index in [4.69, 9.17) is 18.3 Å². The molecule has 0 saturated heterocycles. The van der Waals surface area contributed by atoms with E-state index in [2.05, 4.69) is 0 Å². The van der Waals surface area contributed by atoms with Crippen LogP contribution in [0.25, 0.3) is 45.4 Å². The van der Waals surface area contributed by atoms with Crippen molar-refractivity contribution in [1.82, 2.24) is 8.96 Å². The summed E-state index contributed by atoms with van der Waals surface area (Å²) in [4.78, 5) is 0. The second-order valence-electron chi connectivity index (χ2n) is 11.3. The van der Waals surface area contributed by atoms with Gasteiger partial charge in [-0.1, -0.05) is 0 Å². The lowest BCUT2D eigenvalue weighted by atomic mass is 9.86. The van der Waals surface area contributed by atoms with Gasteiger partial charge in [0.05, 0.1) is 48.6 Å². The maximum Gasteiger partial charge on any atom is 0.738 e. The summed E-state index contributed by atoms with van der Waals surface area (Å²) in [6.07, 6.45) is 1.32. The van der Waals surface area contributed by atoms with E-state index in [-0.39, 0.29) is 67.0 Å². The third-order valence-corrected chi connectivity index (χ3v) is 8.67. The number of nitrogens with zero attached hydrogens (tertiary/aromatic N) is 4. The minimum Gasteiger partial charge on any atom is -0.495 e. The zero-order chi connectivity index (χ0) is 34.4. The van der Waals surface area contributed by atoms with Gasteiger partial charge in [0.1, 0.15) is 40.7 Å². The second kappa shape index (κ2) is 10.5. The molecule has 3 aromatic heterocycles. The molecular weight excluding hydrogens is 646 g/mol. The van der Waals surface area contributed by atoms with Crippen LogP contribution in [-0.2, 0) is 0 Å². The summed E-state index contributed by atoms with van der Waals surface area (Å²) in [6, 6.07) is 18.9. The second-order valence-corrected chi connectivity index (χ2v) is 11.3. The van der Waals surface area contributed by atoms with Gasteiger partial charge in [0.2, 0.25) is 5.36 Å². The van der Waals surface area contributed by atoms with Gasteiger partial charge in [0.15, 0.2) is 28.6 Å². The fourth-order valence-corrected chi connectivity index (χ4v) is 6.50. The number of ether oxygens (including phenoxy) is 2.